The van der Waals surface area contributed by atoms with Gasteiger partial charge in [-0.3, -0.25) is 4.79 Å². The van der Waals surface area contributed by atoms with Crippen LogP contribution >= 0.6 is 0 Å². The van der Waals surface area contributed by atoms with Crippen molar-refractivity contribution in [2.75, 3.05) is 20.1 Å². The smallest absolute Gasteiger partial charge is 0.270 e. The number of pyridine rings is 1. The molecule has 18 heavy (non-hydrogen) atoms. The van der Waals surface area contributed by atoms with Crippen LogP contribution in [0.15, 0.2) is 18.2 Å². The SMILES string of the molecule is CCC(C)N(C)CCNC(=O)c1cccc(F)n1. The Hall–Kier alpha value is -1.49. The first-order valence-electron chi connectivity index (χ1n) is 6.15. The number of hydrogen-bond donors (Lipinski definition) is 1. The zero-order valence-electron chi connectivity index (χ0n) is 11.1. The topological polar surface area (TPSA) is 45.2 Å². The molecule has 5 heteroatoms. The van der Waals surface area contributed by atoms with Crippen molar-refractivity contribution < 1.29 is 9.18 Å². The molecule has 0 aromatic carbocycles. The van der Waals surface area contributed by atoms with E-state index in [1.165, 1.54) is 18.2 Å². The quantitative estimate of drug-likeness (QED) is 0.785. The normalized spacial score (nSPS) is 12.5. The number of nitrogens with one attached hydrogen (secondary N) is 1. The molecule has 0 spiro atoms. The number of likely N-dealkylation sites (N-methyl/N-ethyl adjacent to an activating group) is 1. The summed E-state index contributed by atoms with van der Waals surface area (Å²) in [6.07, 6.45) is 1.07. The highest BCUT2D eigenvalue weighted by Crippen LogP contribution is 1.99. The molecule has 0 fully saturated rings. The van der Waals surface area contributed by atoms with Crippen LogP contribution in [0.4, 0.5) is 4.39 Å². The predicted octanol–water partition coefficient (Wildman–Crippen LogP) is 1.68. The lowest BCUT2D eigenvalue weighted by atomic mass is 10.2. The highest BCUT2D eigenvalue weighted by molar-refractivity contribution is 5.92. The lowest BCUT2D eigenvalue weighted by molar-refractivity contribution is 0.0941. The minimum atomic E-state index is -0.639. The van der Waals surface area contributed by atoms with Gasteiger partial charge >= 0.3 is 0 Å². The number of aromatic nitrogens is 1. The van der Waals surface area contributed by atoms with Crippen LogP contribution in [0.2, 0.25) is 0 Å². The van der Waals surface area contributed by atoms with Gasteiger partial charge in [0.2, 0.25) is 5.95 Å². The van der Waals surface area contributed by atoms with Crippen LogP contribution in [-0.4, -0.2) is 42.0 Å². The molecule has 1 aromatic heterocycles. The summed E-state index contributed by atoms with van der Waals surface area (Å²) in [6.45, 7) is 5.54. The molecule has 1 unspecified atom stereocenters. The second kappa shape index (κ2) is 7.06. The maximum absolute atomic E-state index is 12.8. The van der Waals surface area contributed by atoms with Gasteiger partial charge in [0, 0.05) is 19.1 Å². The first kappa shape index (κ1) is 14.6. The van der Waals surface area contributed by atoms with E-state index in [2.05, 4.69) is 29.0 Å². The number of halogens is 1. The third-order valence-corrected chi connectivity index (χ3v) is 3.04. The Bertz CT molecular complexity index is 398. The van der Waals surface area contributed by atoms with Crippen molar-refractivity contribution in [1.29, 1.82) is 0 Å². The lowest BCUT2D eigenvalue weighted by Gasteiger charge is -2.23. The molecule has 0 aliphatic rings. The molecule has 1 atom stereocenters. The molecular weight excluding hydrogens is 233 g/mol. The summed E-state index contributed by atoms with van der Waals surface area (Å²) in [6, 6.07) is 4.67. The molecule has 1 rings (SSSR count). The Labute approximate surface area is 107 Å². The van der Waals surface area contributed by atoms with Gasteiger partial charge in [-0.05, 0) is 32.5 Å². The summed E-state index contributed by atoms with van der Waals surface area (Å²) < 4.78 is 12.8. The first-order chi connectivity index (χ1) is 8.54. The fourth-order valence-corrected chi connectivity index (χ4v) is 1.50. The number of nitrogens with zero attached hydrogens (tertiary/aromatic N) is 2. The molecule has 0 aliphatic heterocycles. The first-order valence-corrected chi connectivity index (χ1v) is 6.15. The summed E-state index contributed by atoms with van der Waals surface area (Å²) >= 11 is 0. The monoisotopic (exact) mass is 253 g/mol. The Morgan fingerprint density at radius 3 is 2.89 bits per heavy atom. The average molecular weight is 253 g/mol. The van der Waals surface area contributed by atoms with Crippen molar-refractivity contribution in [2.24, 2.45) is 0 Å². The van der Waals surface area contributed by atoms with Crippen molar-refractivity contribution in [2.45, 2.75) is 26.3 Å². The molecule has 0 saturated heterocycles. The van der Waals surface area contributed by atoms with E-state index in [1.54, 1.807) is 0 Å². The van der Waals surface area contributed by atoms with E-state index in [1.807, 2.05) is 7.05 Å². The molecule has 0 aliphatic carbocycles. The summed E-state index contributed by atoms with van der Waals surface area (Å²) in [4.78, 5) is 17.4. The van der Waals surface area contributed by atoms with Crippen molar-refractivity contribution >= 4 is 5.91 Å². The van der Waals surface area contributed by atoms with Crippen LogP contribution in [0.5, 0.6) is 0 Å². The van der Waals surface area contributed by atoms with Gasteiger partial charge in [0.15, 0.2) is 0 Å². The van der Waals surface area contributed by atoms with Crippen LogP contribution in [0, 0.1) is 5.95 Å². The minimum absolute atomic E-state index is 0.112. The molecule has 0 saturated carbocycles. The predicted molar refractivity (Wildman–Crippen MR) is 68.9 cm³/mol. The van der Waals surface area contributed by atoms with E-state index >= 15 is 0 Å². The highest BCUT2D eigenvalue weighted by atomic mass is 19.1. The molecule has 1 aromatic rings. The molecule has 1 amide bonds. The minimum Gasteiger partial charge on any atom is -0.349 e. The van der Waals surface area contributed by atoms with E-state index in [4.69, 9.17) is 0 Å². The van der Waals surface area contributed by atoms with Gasteiger partial charge in [0.25, 0.3) is 5.91 Å². The van der Waals surface area contributed by atoms with E-state index in [9.17, 15) is 9.18 Å². The van der Waals surface area contributed by atoms with Crippen LogP contribution in [-0.2, 0) is 0 Å². The molecule has 100 valence electrons. The highest BCUT2D eigenvalue weighted by Gasteiger charge is 2.09. The number of amides is 1. The number of carbonyl (C=O) groups excluding carboxylic acids is 1. The van der Waals surface area contributed by atoms with Crippen LogP contribution in [0.1, 0.15) is 30.8 Å². The third kappa shape index (κ3) is 4.41. The Balaban J connectivity index is 2.38. The zero-order chi connectivity index (χ0) is 13.5. The van der Waals surface area contributed by atoms with Crippen LogP contribution in [0.3, 0.4) is 0 Å². The van der Waals surface area contributed by atoms with Gasteiger partial charge in [0.05, 0.1) is 0 Å². The summed E-state index contributed by atoms with van der Waals surface area (Å²) in [5.74, 6) is -0.980. The van der Waals surface area contributed by atoms with Gasteiger partial charge in [-0.15, -0.1) is 0 Å². The Kier molecular flexibility index (Phi) is 5.71. The third-order valence-electron chi connectivity index (χ3n) is 3.04. The second-order valence-corrected chi connectivity index (χ2v) is 4.34. The summed E-state index contributed by atoms with van der Waals surface area (Å²) in [5, 5.41) is 2.73. The van der Waals surface area contributed by atoms with E-state index in [0.29, 0.717) is 12.6 Å². The summed E-state index contributed by atoms with van der Waals surface area (Å²) in [7, 11) is 2.01. The summed E-state index contributed by atoms with van der Waals surface area (Å²) in [5.41, 5.74) is 0.112. The van der Waals surface area contributed by atoms with Crippen LogP contribution in [0.25, 0.3) is 0 Å². The number of rotatable bonds is 6. The van der Waals surface area contributed by atoms with Crippen molar-refractivity contribution in [3.05, 3.63) is 29.8 Å². The number of carbonyl (C=O) groups is 1. The molecule has 4 nitrogen and oxygen atoms in total. The van der Waals surface area contributed by atoms with Crippen molar-refractivity contribution in [1.82, 2.24) is 15.2 Å². The van der Waals surface area contributed by atoms with Gasteiger partial charge in [-0.1, -0.05) is 13.0 Å². The molecule has 1 N–H and O–H groups in total. The molecule has 0 radical (unpaired) electrons. The van der Waals surface area contributed by atoms with E-state index in [-0.39, 0.29) is 11.6 Å². The largest absolute Gasteiger partial charge is 0.349 e. The molecule has 1 heterocycles. The number of hydrogen-bond acceptors (Lipinski definition) is 3. The second-order valence-electron chi connectivity index (χ2n) is 4.34. The Morgan fingerprint density at radius 1 is 1.56 bits per heavy atom. The van der Waals surface area contributed by atoms with E-state index in [0.717, 1.165) is 13.0 Å². The standard InChI is InChI=1S/C13H20FN3O/c1-4-10(2)17(3)9-8-15-13(18)11-6-5-7-12(14)16-11/h5-7,10H,4,8-9H2,1-3H3,(H,15,18). The average Bonchev–Trinajstić information content (AvgIpc) is 2.37. The maximum Gasteiger partial charge on any atom is 0.270 e. The van der Waals surface area contributed by atoms with Crippen molar-refractivity contribution in [3.63, 3.8) is 0 Å². The lowest BCUT2D eigenvalue weighted by Crippen LogP contribution is -2.37. The fourth-order valence-electron chi connectivity index (χ4n) is 1.50. The van der Waals surface area contributed by atoms with Gasteiger partial charge in [-0.2, -0.15) is 4.39 Å². The van der Waals surface area contributed by atoms with Gasteiger partial charge in [-0.25, -0.2) is 4.98 Å². The van der Waals surface area contributed by atoms with E-state index < -0.39 is 5.95 Å². The maximum atomic E-state index is 12.8. The fraction of sp³-hybridized carbons (Fsp3) is 0.538. The molecular formula is C13H20FN3O. The van der Waals surface area contributed by atoms with Crippen molar-refractivity contribution in [3.8, 4) is 0 Å². The molecule has 0 bridgehead atoms. The van der Waals surface area contributed by atoms with Gasteiger partial charge in [0.1, 0.15) is 5.69 Å². The van der Waals surface area contributed by atoms with Gasteiger partial charge < -0.3 is 10.2 Å². The Morgan fingerprint density at radius 2 is 2.28 bits per heavy atom. The zero-order valence-corrected chi connectivity index (χ0v) is 11.1. The van der Waals surface area contributed by atoms with Crippen LogP contribution < -0.4 is 5.32 Å².